The lowest BCUT2D eigenvalue weighted by Gasteiger charge is -2.08. The van der Waals surface area contributed by atoms with Crippen molar-refractivity contribution in [1.29, 1.82) is 0 Å². The van der Waals surface area contributed by atoms with Crippen molar-refractivity contribution in [3.05, 3.63) is 52.3 Å². The van der Waals surface area contributed by atoms with Crippen molar-refractivity contribution in [1.82, 2.24) is 9.55 Å². The molecule has 0 fully saturated rings. The Morgan fingerprint density at radius 3 is 2.55 bits per heavy atom. The minimum Gasteiger partial charge on any atom is -0.497 e. The van der Waals surface area contributed by atoms with Gasteiger partial charge in [-0.2, -0.15) is 0 Å². The molecule has 3 nitrogen and oxygen atoms in total. The van der Waals surface area contributed by atoms with Crippen LogP contribution in [0.1, 0.15) is 11.1 Å². The van der Waals surface area contributed by atoms with Gasteiger partial charge in [0.15, 0.2) is 4.77 Å². The molecule has 0 aliphatic carbocycles. The van der Waals surface area contributed by atoms with Gasteiger partial charge < -0.3 is 9.72 Å². The van der Waals surface area contributed by atoms with Crippen LogP contribution in [0, 0.1) is 18.6 Å². The van der Waals surface area contributed by atoms with Crippen LogP contribution >= 0.6 is 12.2 Å². The molecule has 0 unspecified atom stereocenters. The Morgan fingerprint density at radius 1 is 1.05 bits per heavy atom. The summed E-state index contributed by atoms with van der Waals surface area (Å²) < 4.78 is 7.99. The fourth-order valence-corrected chi connectivity index (χ4v) is 2.65. The number of hydrogen-bond donors (Lipinski definition) is 1. The molecule has 3 aromatic rings. The second-order valence-corrected chi connectivity index (χ2v) is 5.30. The summed E-state index contributed by atoms with van der Waals surface area (Å²) in [4.78, 5) is 3.23. The van der Waals surface area contributed by atoms with Crippen LogP contribution in [0.5, 0.6) is 5.75 Å². The maximum atomic E-state index is 5.46. The normalized spacial score (nSPS) is 10.9. The Bertz CT molecular complexity index is 845. The molecular formula is C16H16N2OS. The van der Waals surface area contributed by atoms with Gasteiger partial charge in [-0.25, -0.2) is 0 Å². The zero-order chi connectivity index (χ0) is 14.3. The average Bonchev–Trinajstić information content (AvgIpc) is 2.76. The third-order valence-electron chi connectivity index (χ3n) is 3.64. The number of imidazole rings is 1. The van der Waals surface area contributed by atoms with Crippen molar-refractivity contribution >= 4 is 23.3 Å². The predicted octanol–water partition coefficient (Wildman–Crippen LogP) is 4.31. The van der Waals surface area contributed by atoms with E-state index in [0.29, 0.717) is 4.77 Å². The lowest BCUT2D eigenvalue weighted by atomic mass is 10.1. The summed E-state index contributed by atoms with van der Waals surface area (Å²) in [6, 6.07) is 12.3. The maximum Gasteiger partial charge on any atom is 0.182 e. The van der Waals surface area contributed by atoms with Gasteiger partial charge in [0.1, 0.15) is 5.75 Å². The molecule has 0 atom stereocenters. The molecule has 2 aromatic carbocycles. The molecule has 4 heteroatoms. The molecule has 1 aromatic heterocycles. The van der Waals surface area contributed by atoms with Gasteiger partial charge in [0, 0.05) is 11.8 Å². The number of rotatable bonds is 2. The van der Waals surface area contributed by atoms with Crippen LogP contribution < -0.4 is 4.74 Å². The molecule has 0 saturated heterocycles. The van der Waals surface area contributed by atoms with Gasteiger partial charge in [-0.05, 0) is 61.5 Å². The first-order chi connectivity index (χ1) is 9.60. The number of fused-ring (bicyclic) bond motifs is 1. The van der Waals surface area contributed by atoms with E-state index < -0.39 is 0 Å². The lowest BCUT2D eigenvalue weighted by Crippen LogP contribution is -1.95. The summed E-state index contributed by atoms with van der Waals surface area (Å²) >= 11 is 5.46. The summed E-state index contributed by atoms with van der Waals surface area (Å²) in [6.07, 6.45) is 0. The van der Waals surface area contributed by atoms with Crippen molar-refractivity contribution in [3.63, 3.8) is 0 Å². The van der Waals surface area contributed by atoms with E-state index in [1.165, 1.54) is 11.1 Å². The quantitative estimate of drug-likeness (QED) is 0.710. The van der Waals surface area contributed by atoms with E-state index >= 15 is 0 Å². The lowest BCUT2D eigenvalue weighted by molar-refractivity contribution is 0.415. The van der Waals surface area contributed by atoms with Gasteiger partial charge in [0.05, 0.1) is 18.1 Å². The Balaban J connectivity index is 2.27. The monoisotopic (exact) mass is 284 g/mol. The zero-order valence-corrected chi connectivity index (χ0v) is 12.5. The number of nitrogens with one attached hydrogen (secondary N) is 1. The van der Waals surface area contributed by atoms with Gasteiger partial charge in [0.2, 0.25) is 0 Å². The van der Waals surface area contributed by atoms with E-state index in [9.17, 15) is 0 Å². The molecule has 0 aliphatic rings. The standard InChI is InChI=1S/C16H16N2OS/c1-10-4-5-12(8-11(10)2)18-15-7-6-13(19-3)9-14(15)17-16(18)20/h4-9H,1-3H3,(H,17,20). The summed E-state index contributed by atoms with van der Waals surface area (Å²) in [5.41, 5.74) is 5.65. The SMILES string of the molecule is COc1ccc2c(c1)[nH]c(=S)n2-c1ccc(C)c(C)c1. The third kappa shape index (κ3) is 2.02. The van der Waals surface area contributed by atoms with E-state index in [0.717, 1.165) is 22.5 Å². The molecule has 0 spiro atoms. The fraction of sp³-hybridized carbons (Fsp3) is 0.188. The number of aromatic nitrogens is 2. The van der Waals surface area contributed by atoms with Crippen molar-refractivity contribution in [2.24, 2.45) is 0 Å². The van der Waals surface area contributed by atoms with E-state index in [4.69, 9.17) is 17.0 Å². The van der Waals surface area contributed by atoms with E-state index in [1.54, 1.807) is 7.11 Å². The summed E-state index contributed by atoms with van der Waals surface area (Å²) in [7, 11) is 1.66. The Morgan fingerprint density at radius 2 is 1.85 bits per heavy atom. The molecule has 3 rings (SSSR count). The Labute approximate surface area is 122 Å². The fourth-order valence-electron chi connectivity index (χ4n) is 2.34. The Hall–Kier alpha value is -2.07. The number of methoxy groups -OCH3 is 1. The van der Waals surface area contributed by atoms with Crippen LogP contribution in [0.2, 0.25) is 0 Å². The van der Waals surface area contributed by atoms with Crippen LogP contribution in [0.4, 0.5) is 0 Å². The van der Waals surface area contributed by atoms with Gasteiger partial charge in [-0.15, -0.1) is 0 Å². The van der Waals surface area contributed by atoms with Crippen molar-refractivity contribution in [2.45, 2.75) is 13.8 Å². The molecule has 0 saturated carbocycles. The minimum atomic E-state index is 0.691. The van der Waals surface area contributed by atoms with Gasteiger partial charge >= 0.3 is 0 Å². The predicted molar refractivity (Wildman–Crippen MR) is 84.5 cm³/mol. The van der Waals surface area contributed by atoms with Crippen LogP contribution in [0.15, 0.2) is 36.4 Å². The van der Waals surface area contributed by atoms with Crippen molar-refractivity contribution in [2.75, 3.05) is 7.11 Å². The average molecular weight is 284 g/mol. The highest BCUT2D eigenvalue weighted by molar-refractivity contribution is 7.71. The maximum absolute atomic E-state index is 5.46. The van der Waals surface area contributed by atoms with Crippen molar-refractivity contribution < 1.29 is 4.74 Å². The molecule has 102 valence electrons. The first-order valence-corrected chi connectivity index (χ1v) is 6.87. The molecule has 20 heavy (non-hydrogen) atoms. The summed E-state index contributed by atoms with van der Waals surface area (Å²) in [5, 5.41) is 0. The van der Waals surface area contributed by atoms with E-state index in [2.05, 4.69) is 41.6 Å². The van der Waals surface area contributed by atoms with Gasteiger partial charge in [-0.3, -0.25) is 4.57 Å². The molecule has 0 radical (unpaired) electrons. The molecule has 1 N–H and O–H groups in total. The highest BCUT2D eigenvalue weighted by atomic mass is 32.1. The first-order valence-electron chi connectivity index (χ1n) is 6.46. The van der Waals surface area contributed by atoms with Gasteiger partial charge in [0.25, 0.3) is 0 Å². The third-order valence-corrected chi connectivity index (χ3v) is 3.92. The van der Waals surface area contributed by atoms with Crippen LogP contribution in [0.3, 0.4) is 0 Å². The second kappa shape index (κ2) is 4.80. The molecule has 0 amide bonds. The van der Waals surface area contributed by atoms with E-state index in [1.807, 2.05) is 18.2 Å². The highest BCUT2D eigenvalue weighted by Gasteiger charge is 2.08. The number of nitrogens with zero attached hydrogens (tertiary/aromatic N) is 1. The van der Waals surface area contributed by atoms with Crippen LogP contribution in [-0.4, -0.2) is 16.7 Å². The number of hydrogen-bond acceptors (Lipinski definition) is 2. The van der Waals surface area contributed by atoms with E-state index in [-0.39, 0.29) is 0 Å². The number of H-pyrrole nitrogens is 1. The number of ether oxygens (including phenoxy) is 1. The van der Waals surface area contributed by atoms with Gasteiger partial charge in [-0.1, -0.05) is 6.07 Å². The van der Waals surface area contributed by atoms with Crippen molar-refractivity contribution in [3.8, 4) is 11.4 Å². The molecule has 0 aliphatic heterocycles. The van der Waals surface area contributed by atoms with Crippen LogP contribution in [-0.2, 0) is 0 Å². The largest absolute Gasteiger partial charge is 0.497 e. The number of aromatic amines is 1. The summed E-state index contributed by atoms with van der Waals surface area (Å²) in [6.45, 7) is 4.22. The van der Waals surface area contributed by atoms with Crippen LogP contribution in [0.25, 0.3) is 16.7 Å². The minimum absolute atomic E-state index is 0.691. The number of aryl methyl sites for hydroxylation is 2. The molecule has 1 heterocycles. The Kier molecular flexibility index (Phi) is 3.10. The smallest absolute Gasteiger partial charge is 0.182 e. The number of benzene rings is 2. The first kappa shape index (κ1) is 12.9. The topological polar surface area (TPSA) is 29.9 Å². The zero-order valence-electron chi connectivity index (χ0n) is 11.7. The molecular weight excluding hydrogens is 268 g/mol. The second-order valence-electron chi connectivity index (χ2n) is 4.92. The summed E-state index contributed by atoms with van der Waals surface area (Å²) in [5.74, 6) is 0.820. The highest BCUT2D eigenvalue weighted by Crippen LogP contribution is 2.24. The molecule has 0 bridgehead atoms.